The Bertz CT molecular complexity index is 552. The van der Waals surface area contributed by atoms with E-state index in [-0.39, 0.29) is 0 Å². The molecule has 0 unspecified atom stereocenters. The second kappa shape index (κ2) is 6.71. The van der Waals surface area contributed by atoms with Gasteiger partial charge in [-0.05, 0) is 64.4 Å². The van der Waals surface area contributed by atoms with E-state index in [2.05, 4.69) is 62.0 Å². The largest absolute Gasteiger partial charge is 0.316 e. The fraction of sp³-hybridized carbons (Fsp3) is 0.471. The van der Waals surface area contributed by atoms with Gasteiger partial charge in [-0.2, -0.15) is 5.10 Å². The molecule has 3 nitrogen and oxygen atoms in total. The third-order valence-corrected chi connectivity index (χ3v) is 3.70. The predicted molar refractivity (Wildman–Crippen MR) is 84.6 cm³/mol. The van der Waals surface area contributed by atoms with Gasteiger partial charge in [0.1, 0.15) is 0 Å². The van der Waals surface area contributed by atoms with Crippen LogP contribution in [0.15, 0.2) is 24.3 Å². The Balaban J connectivity index is 2.17. The van der Waals surface area contributed by atoms with E-state index < -0.39 is 0 Å². The highest BCUT2D eigenvalue weighted by atomic mass is 15.3. The van der Waals surface area contributed by atoms with Gasteiger partial charge in [-0.25, -0.2) is 4.68 Å². The van der Waals surface area contributed by atoms with Crippen LogP contribution < -0.4 is 5.32 Å². The molecular weight excluding hydrogens is 246 g/mol. The maximum atomic E-state index is 4.70. The van der Waals surface area contributed by atoms with Gasteiger partial charge in [-0.15, -0.1) is 0 Å². The van der Waals surface area contributed by atoms with Gasteiger partial charge in [0.05, 0.1) is 11.4 Å². The summed E-state index contributed by atoms with van der Waals surface area (Å²) >= 11 is 0. The minimum atomic E-state index is 1.02. The first kappa shape index (κ1) is 14.8. The first-order valence-electron chi connectivity index (χ1n) is 7.46. The molecule has 0 saturated heterocycles. The molecule has 1 N–H and O–H groups in total. The van der Waals surface area contributed by atoms with Crippen LogP contribution in [-0.4, -0.2) is 22.9 Å². The molecule has 0 saturated carbocycles. The predicted octanol–water partition coefficient (Wildman–Crippen LogP) is 3.34. The summed E-state index contributed by atoms with van der Waals surface area (Å²) < 4.78 is 2.06. The lowest BCUT2D eigenvalue weighted by Gasteiger charge is -2.06. The van der Waals surface area contributed by atoms with Crippen LogP contribution in [0.1, 0.15) is 35.9 Å². The second-order valence-electron chi connectivity index (χ2n) is 5.40. The van der Waals surface area contributed by atoms with E-state index in [1.165, 1.54) is 23.2 Å². The van der Waals surface area contributed by atoms with E-state index in [1.54, 1.807) is 0 Å². The van der Waals surface area contributed by atoms with Crippen LogP contribution in [0, 0.1) is 20.8 Å². The summed E-state index contributed by atoms with van der Waals surface area (Å²) in [6, 6.07) is 8.53. The highest BCUT2D eigenvalue weighted by Gasteiger charge is 2.12. The van der Waals surface area contributed by atoms with E-state index in [0.29, 0.717) is 0 Å². The van der Waals surface area contributed by atoms with Gasteiger partial charge in [0, 0.05) is 5.69 Å². The minimum Gasteiger partial charge on any atom is -0.316 e. The molecule has 0 amide bonds. The fourth-order valence-corrected chi connectivity index (χ4v) is 2.49. The quantitative estimate of drug-likeness (QED) is 0.817. The second-order valence-corrected chi connectivity index (χ2v) is 5.40. The minimum absolute atomic E-state index is 1.02. The van der Waals surface area contributed by atoms with E-state index in [4.69, 9.17) is 5.10 Å². The SMILES string of the molecule is CCCNCCc1c(C)nn(-c2ccc(C)cc2)c1C. The number of hydrogen-bond donors (Lipinski definition) is 1. The third-order valence-electron chi connectivity index (χ3n) is 3.70. The van der Waals surface area contributed by atoms with Crippen LogP contribution in [-0.2, 0) is 6.42 Å². The number of aryl methyl sites for hydroxylation is 2. The van der Waals surface area contributed by atoms with Crippen molar-refractivity contribution >= 4 is 0 Å². The smallest absolute Gasteiger partial charge is 0.0649 e. The molecule has 0 aliphatic heterocycles. The number of nitrogens with one attached hydrogen (secondary N) is 1. The van der Waals surface area contributed by atoms with Crippen molar-refractivity contribution < 1.29 is 0 Å². The van der Waals surface area contributed by atoms with Crippen molar-refractivity contribution in [2.24, 2.45) is 0 Å². The first-order chi connectivity index (χ1) is 9.63. The summed E-state index contributed by atoms with van der Waals surface area (Å²) in [6.07, 6.45) is 2.23. The average molecular weight is 271 g/mol. The van der Waals surface area contributed by atoms with Gasteiger partial charge < -0.3 is 5.32 Å². The number of rotatable bonds is 6. The van der Waals surface area contributed by atoms with Crippen LogP contribution in [0.2, 0.25) is 0 Å². The Morgan fingerprint density at radius 2 is 1.75 bits per heavy atom. The monoisotopic (exact) mass is 271 g/mol. The van der Waals surface area contributed by atoms with Gasteiger partial charge in [0.15, 0.2) is 0 Å². The third kappa shape index (κ3) is 3.28. The van der Waals surface area contributed by atoms with E-state index in [0.717, 1.165) is 30.9 Å². The summed E-state index contributed by atoms with van der Waals surface area (Å²) in [7, 11) is 0. The van der Waals surface area contributed by atoms with Gasteiger partial charge in [0.2, 0.25) is 0 Å². The lowest BCUT2D eigenvalue weighted by Crippen LogP contribution is -2.18. The molecule has 0 radical (unpaired) electrons. The molecule has 0 fully saturated rings. The zero-order valence-corrected chi connectivity index (χ0v) is 13.0. The molecule has 1 heterocycles. The van der Waals surface area contributed by atoms with Crippen LogP contribution in [0.4, 0.5) is 0 Å². The van der Waals surface area contributed by atoms with Crippen LogP contribution in [0.25, 0.3) is 5.69 Å². The summed E-state index contributed by atoms with van der Waals surface area (Å²) in [5.74, 6) is 0. The van der Waals surface area contributed by atoms with Crippen molar-refractivity contribution in [3.8, 4) is 5.69 Å². The van der Waals surface area contributed by atoms with Crippen molar-refractivity contribution in [3.05, 3.63) is 46.8 Å². The van der Waals surface area contributed by atoms with E-state index >= 15 is 0 Å². The molecule has 0 bridgehead atoms. The zero-order chi connectivity index (χ0) is 14.5. The average Bonchev–Trinajstić information content (AvgIpc) is 2.72. The van der Waals surface area contributed by atoms with Gasteiger partial charge >= 0.3 is 0 Å². The van der Waals surface area contributed by atoms with Gasteiger partial charge in [-0.3, -0.25) is 0 Å². The van der Waals surface area contributed by atoms with Crippen LogP contribution in [0.3, 0.4) is 0 Å². The topological polar surface area (TPSA) is 29.9 Å². The summed E-state index contributed by atoms with van der Waals surface area (Å²) in [6.45, 7) is 10.7. The number of nitrogens with zero attached hydrogens (tertiary/aromatic N) is 2. The first-order valence-corrected chi connectivity index (χ1v) is 7.46. The Morgan fingerprint density at radius 3 is 2.40 bits per heavy atom. The van der Waals surface area contributed by atoms with Crippen molar-refractivity contribution in [1.82, 2.24) is 15.1 Å². The van der Waals surface area contributed by atoms with Crippen molar-refractivity contribution in [2.75, 3.05) is 13.1 Å². The van der Waals surface area contributed by atoms with Crippen molar-refractivity contribution in [1.29, 1.82) is 0 Å². The molecule has 2 rings (SSSR count). The molecule has 1 aromatic heterocycles. The molecule has 0 aliphatic carbocycles. The Labute approximate surface area is 122 Å². The number of hydrogen-bond acceptors (Lipinski definition) is 2. The fourth-order valence-electron chi connectivity index (χ4n) is 2.49. The summed E-state index contributed by atoms with van der Waals surface area (Å²) in [4.78, 5) is 0. The molecule has 1 aromatic carbocycles. The number of aromatic nitrogens is 2. The van der Waals surface area contributed by atoms with E-state index in [9.17, 15) is 0 Å². The molecule has 0 spiro atoms. The summed E-state index contributed by atoms with van der Waals surface area (Å²) in [5, 5.41) is 8.16. The molecule has 3 heteroatoms. The van der Waals surface area contributed by atoms with E-state index in [1.807, 2.05) is 0 Å². The Hall–Kier alpha value is -1.61. The Kier molecular flexibility index (Phi) is 4.96. The standard InChI is InChI=1S/C17H25N3/c1-5-11-18-12-10-17-14(3)19-20(15(17)4)16-8-6-13(2)7-9-16/h6-9,18H,5,10-12H2,1-4H3. The lowest BCUT2D eigenvalue weighted by molar-refractivity contribution is 0.669. The number of benzene rings is 1. The van der Waals surface area contributed by atoms with Crippen molar-refractivity contribution in [2.45, 2.75) is 40.5 Å². The zero-order valence-electron chi connectivity index (χ0n) is 13.0. The molecular formula is C17H25N3. The lowest BCUT2D eigenvalue weighted by atomic mass is 10.1. The van der Waals surface area contributed by atoms with Gasteiger partial charge in [-0.1, -0.05) is 24.6 Å². The Morgan fingerprint density at radius 1 is 1.05 bits per heavy atom. The highest BCUT2D eigenvalue weighted by Crippen LogP contribution is 2.18. The van der Waals surface area contributed by atoms with Crippen LogP contribution in [0.5, 0.6) is 0 Å². The normalized spacial score (nSPS) is 11.0. The van der Waals surface area contributed by atoms with Gasteiger partial charge in [0.25, 0.3) is 0 Å². The summed E-state index contributed by atoms with van der Waals surface area (Å²) in [5.41, 5.74) is 6.18. The molecule has 0 atom stereocenters. The highest BCUT2D eigenvalue weighted by molar-refractivity contribution is 5.38. The maximum Gasteiger partial charge on any atom is 0.0649 e. The molecule has 108 valence electrons. The molecule has 2 aromatic rings. The molecule has 0 aliphatic rings. The van der Waals surface area contributed by atoms with Crippen molar-refractivity contribution in [3.63, 3.8) is 0 Å². The maximum absolute atomic E-state index is 4.70. The molecule has 20 heavy (non-hydrogen) atoms. The van der Waals surface area contributed by atoms with Crippen LogP contribution >= 0.6 is 0 Å².